The van der Waals surface area contributed by atoms with E-state index in [4.69, 9.17) is 13.9 Å². The van der Waals surface area contributed by atoms with Crippen molar-refractivity contribution in [3.63, 3.8) is 0 Å². The van der Waals surface area contributed by atoms with Crippen LogP contribution in [0.3, 0.4) is 0 Å². The van der Waals surface area contributed by atoms with Crippen LogP contribution in [0.2, 0.25) is 0 Å². The van der Waals surface area contributed by atoms with Gasteiger partial charge in [0.15, 0.2) is 11.0 Å². The lowest BCUT2D eigenvalue weighted by Gasteiger charge is -2.15. The van der Waals surface area contributed by atoms with Gasteiger partial charge >= 0.3 is 0 Å². The summed E-state index contributed by atoms with van der Waals surface area (Å²) in [6.45, 7) is 3.32. The molecule has 1 fully saturated rings. The third-order valence-corrected chi connectivity index (χ3v) is 6.12. The van der Waals surface area contributed by atoms with E-state index in [1.165, 1.54) is 11.8 Å². The Balaban J connectivity index is 1.48. The summed E-state index contributed by atoms with van der Waals surface area (Å²) in [5.74, 6) is 2.40. The molecule has 0 saturated carbocycles. The van der Waals surface area contributed by atoms with E-state index in [9.17, 15) is 4.79 Å². The number of nitrogens with one attached hydrogen (secondary N) is 1. The Hall–Kier alpha value is -2.78. The summed E-state index contributed by atoms with van der Waals surface area (Å²) in [5, 5.41) is 12.4. The molecule has 4 rings (SSSR count). The highest BCUT2D eigenvalue weighted by atomic mass is 32.2. The van der Waals surface area contributed by atoms with Gasteiger partial charge < -0.3 is 19.2 Å². The number of carbonyl (C=O) groups excluding carboxylic acids is 1. The maximum absolute atomic E-state index is 12.5. The predicted molar refractivity (Wildman–Crippen MR) is 117 cm³/mol. The van der Waals surface area contributed by atoms with Gasteiger partial charge in [-0.25, -0.2) is 0 Å². The van der Waals surface area contributed by atoms with Gasteiger partial charge in [0.2, 0.25) is 5.91 Å². The molecular formula is C22H26N4O4S. The fourth-order valence-corrected chi connectivity index (χ4v) is 4.29. The molecule has 31 heavy (non-hydrogen) atoms. The maximum atomic E-state index is 12.5. The SMILES string of the molecule is COc1ccc(-c2nnc(SCC(=O)N[C@H](C)c3ccco3)n2C[C@H]2CCCO2)cc1. The standard InChI is InChI=1S/C22H26N4O4S/c1-15(19-6-4-12-30-19)23-20(27)14-31-22-25-24-21(16-7-9-17(28-2)10-8-16)26(22)13-18-5-3-11-29-18/h4,6-10,12,15,18H,3,5,11,13-14H2,1-2H3,(H,23,27)/t15-,18-/m1/s1. The number of furan rings is 1. The predicted octanol–water partition coefficient (Wildman–Crippen LogP) is 3.70. The van der Waals surface area contributed by atoms with Crippen LogP contribution in [0.4, 0.5) is 0 Å². The average Bonchev–Trinajstić information content (AvgIpc) is 3.55. The first kappa shape index (κ1) is 21.5. The number of hydrogen-bond acceptors (Lipinski definition) is 7. The second kappa shape index (κ2) is 10.0. The van der Waals surface area contributed by atoms with Crippen molar-refractivity contribution in [1.82, 2.24) is 20.1 Å². The lowest BCUT2D eigenvalue weighted by atomic mass is 10.2. The molecule has 1 amide bonds. The van der Waals surface area contributed by atoms with Crippen LogP contribution in [0.5, 0.6) is 5.75 Å². The molecule has 0 spiro atoms. The van der Waals surface area contributed by atoms with Crippen molar-refractivity contribution in [2.45, 2.75) is 43.6 Å². The smallest absolute Gasteiger partial charge is 0.231 e. The molecule has 1 N–H and O–H groups in total. The fraction of sp³-hybridized carbons (Fsp3) is 0.409. The molecule has 1 aliphatic heterocycles. The molecular weight excluding hydrogens is 416 g/mol. The van der Waals surface area contributed by atoms with Crippen molar-refractivity contribution in [3.8, 4) is 17.1 Å². The van der Waals surface area contributed by atoms with E-state index < -0.39 is 0 Å². The van der Waals surface area contributed by atoms with Crippen LogP contribution in [0, 0.1) is 0 Å². The van der Waals surface area contributed by atoms with E-state index >= 15 is 0 Å². The van der Waals surface area contributed by atoms with Gasteiger partial charge in [-0.15, -0.1) is 10.2 Å². The summed E-state index contributed by atoms with van der Waals surface area (Å²) < 4.78 is 18.5. The van der Waals surface area contributed by atoms with Crippen LogP contribution >= 0.6 is 11.8 Å². The number of benzene rings is 1. The van der Waals surface area contributed by atoms with Gasteiger partial charge in [0.05, 0.1) is 37.8 Å². The number of aromatic nitrogens is 3. The quantitative estimate of drug-likeness (QED) is 0.505. The fourth-order valence-electron chi connectivity index (χ4n) is 3.53. The van der Waals surface area contributed by atoms with Crippen molar-refractivity contribution in [2.24, 2.45) is 0 Å². The first-order valence-corrected chi connectivity index (χ1v) is 11.3. The topological polar surface area (TPSA) is 91.4 Å². The Bertz CT molecular complexity index is 982. The number of rotatable bonds is 9. The molecule has 2 atom stereocenters. The van der Waals surface area contributed by atoms with Gasteiger partial charge in [-0.3, -0.25) is 9.36 Å². The minimum atomic E-state index is -0.192. The zero-order valence-corrected chi connectivity index (χ0v) is 18.4. The van der Waals surface area contributed by atoms with Gasteiger partial charge in [0.25, 0.3) is 0 Å². The van der Waals surface area contributed by atoms with E-state index in [2.05, 4.69) is 15.5 Å². The monoisotopic (exact) mass is 442 g/mol. The number of amides is 1. The number of carbonyl (C=O) groups is 1. The lowest BCUT2D eigenvalue weighted by molar-refractivity contribution is -0.119. The number of hydrogen-bond donors (Lipinski definition) is 1. The normalized spacial score (nSPS) is 16.9. The molecule has 3 heterocycles. The van der Waals surface area contributed by atoms with Gasteiger partial charge in [0.1, 0.15) is 11.5 Å². The molecule has 164 valence electrons. The number of methoxy groups -OCH3 is 1. The summed E-state index contributed by atoms with van der Waals surface area (Å²) in [4.78, 5) is 12.5. The highest BCUT2D eigenvalue weighted by molar-refractivity contribution is 7.99. The lowest BCUT2D eigenvalue weighted by Crippen LogP contribution is -2.28. The highest BCUT2D eigenvalue weighted by Crippen LogP contribution is 2.28. The molecule has 0 radical (unpaired) electrons. The Labute approximate surface area is 185 Å². The zero-order chi connectivity index (χ0) is 21.6. The first-order valence-electron chi connectivity index (χ1n) is 10.3. The second-order valence-electron chi connectivity index (χ2n) is 7.37. The summed E-state index contributed by atoms with van der Waals surface area (Å²) in [5.41, 5.74) is 0.939. The van der Waals surface area contributed by atoms with Gasteiger partial charge in [-0.1, -0.05) is 11.8 Å². The summed E-state index contributed by atoms with van der Waals surface area (Å²) in [6.07, 6.45) is 3.78. The summed E-state index contributed by atoms with van der Waals surface area (Å²) in [7, 11) is 1.64. The van der Waals surface area contributed by atoms with Crippen molar-refractivity contribution < 1.29 is 18.7 Å². The summed E-state index contributed by atoms with van der Waals surface area (Å²) in [6, 6.07) is 11.2. The molecule has 3 aromatic rings. The van der Waals surface area contributed by atoms with Crippen molar-refractivity contribution in [1.29, 1.82) is 0 Å². The van der Waals surface area contributed by atoms with Crippen molar-refractivity contribution in [2.75, 3.05) is 19.5 Å². The van der Waals surface area contributed by atoms with E-state index in [-0.39, 0.29) is 23.8 Å². The Morgan fingerprint density at radius 3 is 2.84 bits per heavy atom. The summed E-state index contributed by atoms with van der Waals surface area (Å²) >= 11 is 1.37. The third-order valence-electron chi connectivity index (χ3n) is 5.16. The molecule has 0 aliphatic carbocycles. The van der Waals surface area contributed by atoms with Crippen LogP contribution in [0.15, 0.2) is 52.2 Å². The maximum Gasteiger partial charge on any atom is 0.231 e. The minimum Gasteiger partial charge on any atom is -0.497 e. The largest absolute Gasteiger partial charge is 0.497 e. The van der Waals surface area contributed by atoms with Gasteiger partial charge in [0, 0.05) is 12.2 Å². The highest BCUT2D eigenvalue weighted by Gasteiger charge is 2.22. The van der Waals surface area contributed by atoms with Crippen molar-refractivity contribution in [3.05, 3.63) is 48.4 Å². The van der Waals surface area contributed by atoms with Crippen LogP contribution in [0.25, 0.3) is 11.4 Å². The number of ether oxygens (including phenoxy) is 2. The van der Waals surface area contributed by atoms with Gasteiger partial charge in [-0.05, 0) is 56.2 Å². The molecule has 1 aliphatic rings. The number of thioether (sulfide) groups is 1. The molecule has 1 aromatic carbocycles. The third kappa shape index (κ3) is 5.29. The number of nitrogens with zero attached hydrogens (tertiary/aromatic N) is 3. The minimum absolute atomic E-state index is 0.0911. The molecule has 9 heteroatoms. The molecule has 0 bridgehead atoms. The van der Waals surface area contributed by atoms with E-state index in [0.717, 1.165) is 42.3 Å². The van der Waals surface area contributed by atoms with Crippen LogP contribution in [-0.4, -0.2) is 46.2 Å². The van der Waals surface area contributed by atoms with Crippen LogP contribution in [0.1, 0.15) is 31.6 Å². The molecule has 1 saturated heterocycles. The Morgan fingerprint density at radius 1 is 1.32 bits per heavy atom. The Kier molecular flexibility index (Phi) is 6.93. The van der Waals surface area contributed by atoms with E-state index in [1.807, 2.05) is 41.8 Å². The average molecular weight is 443 g/mol. The van der Waals surface area contributed by atoms with Crippen molar-refractivity contribution >= 4 is 17.7 Å². The molecule has 8 nitrogen and oxygen atoms in total. The molecule has 0 unspecified atom stereocenters. The second-order valence-corrected chi connectivity index (χ2v) is 8.32. The Morgan fingerprint density at radius 2 is 2.16 bits per heavy atom. The first-order chi connectivity index (χ1) is 15.1. The molecule has 2 aromatic heterocycles. The van der Waals surface area contributed by atoms with Crippen LogP contribution < -0.4 is 10.1 Å². The van der Waals surface area contributed by atoms with E-state index in [1.54, 1.807) is 19.4 Å². The zero-order valence-electron chi connectivity index (χ0n) is 17.6. The van der Waals surface area contributed by atoms with Crippen LogP contribution in [-0.2, 0) is 16.1 Å². The van der Waals surface area contributed by atoms with Gasteiger partial charge in [-0.2, -0.15) is 0 Å². The van der Waals surface area contributed by atoms with E-state index in [0.29, 0.717) is 11.7 Å².